The number of amides is 1. The first-order chi connectivity index (χ1) is 14.8. The Balaban J connectivity index is 1.43. The first-order valence-electron chi connectivity index (χ1n) is 11.1. The zero-order valence-corrected chi connectivity index (χ0v) is 19.1. The van der Waals surface area contributed by atoms with Crippen molar-refractivity contribution in [2.24, 2.45) is 0 Å². The van der Waals surface area contributed by atoms with Crippen LogP contribution in [0, 0.1) is 6.92 Å². The Morgan fingerprint density at radius 1 is 1.03 bits per heavy atom. The number of nitrogens with zero attached hydrogens (tertiary/aromatic N) is 5. The minimum absolute atomic E-state index is 0.232. The molecule has 0 radical (unpaired) electrons. The number of fused-ring (bicyclic) bond motifs is 1. The summed E-state index contributed by atoms with van der Waals surface area (Å²) in [5, 5.41) is 0. The highest BCUT2D eigenvalue weighted by Gasteiger charge is 2.29. The fourth-order valence-electron chi connectivity index (χ4n) is 4.25. The Morgan fingerprint density at radius 3 is 2.42 bits per heavy atom. The number of benzene rings is 1. The molecule has 0 saturated carbocycles. The number of rotatable bonds is 3. The molecule has 1 aromatic carbocycles. The number of piperazine rings is 1. The van der Waals surface area contributed by atoms with Crippen LogP contribution in [0.1, 0.15) is 43.4 Å². The van der Waals surface area contributed by atoms with Crippen LogP contribution >= 0.6 is 0 Å². The largest absolute Gasteiger partial charge is 0.444 e. The Morgan fingerprint density at radius 2 is 1.74 bits per heavy atom. The summed E-state index contributed by atoms with van der Waals surface area (Å²) >= 11 is 0. The van der Waals surface area contributed by atoms with E-state index in [-0.39, 0.29) is 6.09 Å². The van der Waals surface area contributed by atoms with E-state index in [1.54, 1.807) is 4.90 Å². The van der Waals surface area contributed by atoms with Crippen molar-refractivity contribution in [1.82, 2.24) is 19.8 Å². The van der Waals surface area contributed by atoms with Crippen LogP contribution in [-0.4, -0.2) is 64.2 Å². The lowest BCUT2D eigenvalue weighted by molar-refractivity contribution is 0.0240. The van der Waals surface area contributed by atoms with Crippen LogP contribution in [0.5, 0.6) is 0 Å². The summed E-state index contributed by atoms with van der Waals surface area (Å²) in [5.41, 5.74) is 3.26. The van der Waals surface area contributed by atoms with Crippen molar-refractivity contribution < 1.29 is 9.53 Å². The lowest BCUT2D eigenvalue weighted by Crippen LogP contribution is -2.50. The number of hydrogen-bond acceptors (Lipinski definition) is 6. The van der Waals surface area contributed by atoms with Crippen molar-refractivity contribution in [1.29, 1.82) is 0 Å². The van der Waals surface area contributed by atoms with E-state index in [0.717, 1.165) is 56.5 Å². The maximum atomic E-state index is 12.4. The van der Waals surface area contributed by atoms with E-state index in [1.165, 1.54) is 11.1 Å². The highest BCUT2D eigenvalue weighted by atomic mass is 16.6. The Hall–Kier alpha value is -2.67. The number of carbonyl (C=O) groups is 1. The summed E-state index contributed by atoms with van der Waals surface area (Å²) in [6.07, 6.45) is 0.717. The van der Waals surface area contributed by atoms with Crippen molar-refractivity contribution in [2.45, 2.75) is 52.8 Å². The molecule has 1 fully saturated rings. The van der Waals surface area contributed by atoms with E-state index in [0.29, 0.717) is 13.1 Å². The summed E-state index contributed by atoms with van der Waals surface area (Å²) in [5.74, 6) is 1.86. The van der Waals surface area contributed by atoms with Crippen LogP contribution in [0.25, 0.3) is 0 Å². The van der Waals surface area contributed by atoms with Gasteiger partial charge in [0, 0.05) is 51.4 Å². The average Bonchev–Trinajstić information content (AvgIpc) is 2.72. The second-order valence-corrected chi connectivity index (χ2v) is 9.42. The number of aryl methyl sites for hydroxylation is 1. The third kappa shape index (κ3) is 5.34. The molecule has 4 rings (SSSR count). The van der Waals surface area contributed by atoms with E-state index >= 15 is 0 Å². The van der Waals surface area contributed by atoms with E-state index in [2.05, 4.69) is 40.1 Å². The summed E-state index contributed by atoms with van der Waals surface area (Å²) in [4.78, 5) is 28.5. The van der Waals surface area contributed by atoms with Crippen molar-refractivity contribution >= 4 is 11.9 Å². The van der Waals surface area contributed by atoms with Gasteiger partial charge in [0.1, 0.15) is 17.2 Å². The van der Waals surface area contributed by atoms with Gasteiger partial charge < -0.3 is 14.5 Å². The molecule has 1 amide bonds. The van der Waals surface area contributed by atoms with Gasteiger partial charge in [-0.15, -0.1) is 0 Å². The molecule has 0 bridgehead atoms. The Labute approximate surface area is 185 Å². The second kappa shape index (κ2) is 8.83. The maximum Gasteiger partial charge on any atom is 0.410 e. The quantitative estimate of drug-likeness (QED) is 0.754. The first kappa shape index (κ1) is 21.6. The van der Waals surface area contributed by atoms with Gasteiger partial charge in [-0.1, -0.05) is 30.3 Å². The summed E-state index contributed by atoms with van der Waals surface area (Å²) in [7, 11) is 0. The molecule has 1 aromatic heterocycles. The van der Waals surface area contributed by atoms with Gasteiger partial charge in [0.25, 0.3) is 0 Å². The average molecular weight is 424 g/mol. The van der Waals surface area contributed by atoms with E-state index in [9.17, 15) is 4.79 Å². The minimum Gasteiger partial charge on any atom is -0.444 e. The number of anilines is 1. The lowest BCUT2D eigenvalue weighted by Gasteiger charge is -2.38. The van der Waals surface area contributed by atoms with Gasteiger partial charge in [0.05, 0.1) is 5.69 Å². The molecule has 0 spiro atoms. The topological polar surface area (TPSA) is 61.8 Å². The van der Waals surface area contributed by atoms with Gasteiger partial charge in [0.15, 0.2) is 0 Å². The summed E-state index contributed by atoms with van der Waals surface area (Å²) in [6.45, 7) is 13.3. The van der Waals surface area contributed by atoms with E-state index < -0.39 is 5.60 Å². The number of ether oxygens (including phenoxy) is 1. The van der Waals surface area contributed by atoms with Gasteiger partial charge in [-0.05, 0) is 39.7 Å². The SMILES string of the molecule is Cc1nc2c(c(N3CCN(C(=O)OC(C)(C)C)CC3)n1)CCN(Cc1ccccc1)C2. The molecule has 7 heteroatoms. The van der Waals surface area contributed by atoms with Crippen LogP contribution < -0.4 is 4.90 Å². The second-order valence-electron chi connectivity index (χ2n) is 9.42. The standard InChI is InChI=1S/C24H33N5O2/c1-18-25-21-17-27(16-19-8-6-5-7-9-19)11-10-20(21)22(26-18)28-12-14-29(15-13-28)23(30)31-24(2,3)4/h5-9H,10-17H2,1-4H3. The third-order valence-corrected chi connectivity index (χ3v) is 5.71. The highest BCUT2D eigenvalue weighted by molar-refractivity contribution is 5.68. The molecule has 0 aliphatic carbocycles. The highest BCUT2D eigenvalue weighted by Crippen LogP contribution is 2.28. The van der Waals surface area contributed by atoms with Crippen LogP contribution in [-0.2, 0) is 24.2 Å². The lowest BCUT2D eigenvalue weighted by atomic mass is 10.0. The van der Waals surface area contributed by atoms with E-state index in [4.69, 9.17) is 14.7 Å². The molecule has 3 heterocycles. The molecule has 2 aromatic rings. The normalized spacial score (nSPS) is 17.4. The van der Waals surface area contributed by atoms with Crippen LogP contribution in [0.3, 0.4) is 0 Å². The molecule has 166 valence electrons. The van der Waals surface area contributed by atoms with Crippen molar-refractivity contribution in [2.75, 3.05) is 37.6 Å². The van der Waals surface area contributed by atoms with Gasteiger partial charge >= 0.3 is 6.09 Å². The fraction of sp³-hybridized carbons (Fsp3) is 0.542. The predicted molar refractivity (Wildman–Crippen MR) is 121 cm³/mol. The molecule has 31 heavy (non-hydrogen) atoms. The molecule has 1 saturated heterocycles. The number of hydrogen-bond donors (Lipinski definition) is 0. The van der Waals surface area contributed by atoms with Gasteiger partial charge in [0.2, 0.25) is 0 Å². The molecule has 2 aliphatic rings. The summed E-state index contributed by atoms with van der Waals surface area (Å²) < 4.78 is 5.53. The molecule has 0 unspecified atom stereocenters. The molecule has 2 aliphatic heterocycles. The zero-order chi connectivity index (χ0) is 22.0. The molecule has 7 nitrogen and oxygen atoms in total. The third-order valence-electron chi connectivity index (χ3n) is 5.71. The fourth-order valence-corrected chi connectivity index (χ4v) is 4.25. The van der Waals surface area contributed by atoms with Crippen molar-refractivity contribution in [3.05, 3.63) is 53.0 Å². The van der Waals surface area contributed by atoms with E-state index in [1.807, 2.05) is 27.7 Å². The van der Waals surface area contributed by atoms with Crippen LogP contribution in [0.4, 0.5) is 10.6 Å². The minimum atomic E-state index is -0.470. The first-order valence-corrected chi connectivity index (χ1v) is 11.1. The Kier molecular flexibility index (Phi) is 6.14. The Bertz CT molecular complexity index is 918. The van der Waals surface area contributed by atoms with Crippen LogP contribution in [0.2, 0.25) is 0 Å². The molecular formula is C24H33N5O2. The zero-order valence-electron chi connectivity index (χ0n) is 19.1. The molecule has 0 N–H and O–H groups in total. The number of aromatic nitrogens is 2. The molecular weight excluding hydrogens is 390 g/mol. The molecule has 0 atom stereocenters. The van der Waals surface area contributed by atoms with Crippen molar-refractivity contribution in [3.63, 3.8) is 0 Å². The van der Waals surface area contributed by atoms with Crippen LogP contribution in [0.15, 0.2) is 30.3 Å². The monoisotopic (exact) mass is 423 g/mol. The van der Waals surface area contributed by atoms with Gasteiger partial charge in [-0.2, -0.15) is 0 Å². The number of carbonyl (C=O) groups excluding carboxylic acids is 1. The van der Waals surface area contributed by atoms with Gasteiger partial charge in [-0.3, -0.25) is 4.90 Å². The van der Waals surface area contributed by atoms with Gasteiger partial charge in [-0.25, -0.2) is 14.8 Å². The predicted octanol–water partition coefficient (Wildman–Crippen LogP) is 3.40. The maximum absolute atomic E-state index is 12.4. The summed E-state index contributed by atoms with van der Waals surface area (Å²) in [6, 6.07) is 10.6. The smallest absolute Gasteiger partial charge is 0.410 e. The van der Waals surface area contributed by atoms with Crippen molar-refractivity contribution in [3.8, 4) is 0 Å².